The quantitative estimate of drug-likeness (QED) is 0.757. The number of halogens is 1. The van der Waals surface area contributed by atoms with Crippen LogP contribution in [0, 0.1) is 5.82 Å². The summed E-state index contributed by atoms with van der Waals surface area (Å²) in [5, 5.41) is 11.2. The van der Waals surface area contributed by atoms with E-state index in [2.05, 4.69) is 5.32 Å². The molecule has 0 saturated carbocycles. The van der Waals surface area contributed by atoms with Gasteiger partial charge in [-0.3, -0.25) is 4.79 Å². The lowest BCUT2D eigenvalue weighted by molar-refractivity contribution is -0.141. The summed E-state index contributed by atoms with van der Waals surface area (Å²) in [6, 6.07) is 4.09. The molecule has 0 aliphatic heterocycles. The van der Waals surface area contributed by atoms with Crippen LogP contribution in [0.1, 0.15) is 12.0 Å². The van der Waals surface area contributed by atoms with Crippen molar-refractivity contribution in [2.45, 2.75) is 18.9 Å². The summed E-state index contributed by atoms with van der Waals surface area (Å²) in [6.07, 6.45) is 0.587. The van der Waals surface area contributed by atoms with Crippen LogP contribution in [0.4, 0.5) is 4.39 Å². The van der Waals surface area contributed by atoms with Gasteiger partial charge in [0.2, 0.25) is 5.91 Å². The number of rotatable bonds is 7. The number of sulfone groups is 1. The molecule has 0 aliphatic rings. The van der Waals surface area contributed by atoms with E-state index in [1.807, 2.05) is 0 Å². The van der Waals surface area contributed by atoms with Gasteiger partial charge in [-0.25, -0.2) is 17.6 Å². The largest absolute Gasteiger partial charge is 0.480 e. The molecule has 0 fully saturated rings. The lowest BCUT2D eigenvalue weighted by Crippen LogP contribution is -2.42. The van der Waals surface area contributed by atoms with Gasteiger partial charge >= 0.3 is 5.97 Å². The molecule has 21 heavy (non-hydrogen) atoms. The maximum atomic E-state index is 13.0. The number of nitrogens with one attached hydrogen (secondary N) is 1. The zero-order valence-corrected chi connectivity index (χ0v) is 12.2. The number of carboxylic acid groups (broad SMARTS) is 1. The van der Waals surface area contributed by atoms with Gasteiger partial charge in [0.25, 0.3) is 0 Å². The molecule has 0 heterocycles. The van der Waals surface area contributed by atoms with Gasteiger partial charge in [-0.1, -0.05) is 12.1 Å². The fourth-order valence-corrected chi connectivity index (χ4v) is 2.33. The van der Waals surface area contributed by atoms with Gasteiger partial charge in [-0.2, -0.15) is 0 Å². The third kappa shape index (κ3) is 6.84. The van der Waals surface area contributed by atoms with E-state index in [1.165, 1.54) is 24.3 Å². The Hall–Kier alpha value is -1.96. The molecular weight excluding hydrogens is 301 g/mol. The van der Waals surface area contributed by atoms with Crippen molar-refractivity contribution in [3.63, 3.8) is 0 Å². The highest BCUT2D eigenvalue weighted by Crippen LogP contribution is 2.05. The van der Waals surface area contributed by atoms with Crippen LogP contribution >= 0.6 is 0 Å². The molecule has 8 heteroatoms. The number of benzene rings is 1. The van der Waals surface area contributed by atoms with Crippen LogP contribution in [0.5, 0.6) is 0 Å². The van der Waals surface area contributed by atoms with Crippen LogP contribution in [-0.4, -0.2) is 43.5 Å². The first kappa shape index (κ1) is 17.1. The lowest BCUT2D eigenvalue weighted by atomic mass is 10.1. The third-order valence-electron chi connectivity index (χ3n) is 2.66. The Labute approximate surface area is 121 Å². The summed E-state index contributed by atoms with van der Waals surface area (Å²) in [6.45, 7) is 0. The van der Waals surface area contributed by atoms with Crippen molar-refractivity contribution in [1.82, 2.24) is 5.32 Å². The Kier molecular flexibility index (Phi) is 5.83. The summed E-state index contributed by atoms with van der Waals surface area (Å²) >= 11 is 0. The van der Waals surface area contributed by atoms with E-state index in [4.69, 9.17) is 5.11 Å². The van der Waals surface area contributed by atoms with Gasteiger partial charge in [0.1, 0.15) is 21.7 Å². The number of carbonyl (C=O) groups excluding carboxylic acids is 1. The molecule has 0 bridgehead atoms. The van der Waals surface area contributed by atoms with E-state index in [1.54, 1.807) is 0 Å². The second kappa shape index (κ2) is 7.16. The second-order valence-electron chi connectivity index (χ2n) is 4.68. The van der Waals surface area contributed by atoms with Crippen molar-refractivity contribution in [1.29, 1.82) is 0 Å². The van der Waals surface area contributed by atoms with Crippen LogP contribution in [0.25, 0.3) is 0 Å². The third-order valence-corrected chi connectivity index (χ3v) is 3.64. The van der Waals surface area contributed by atoms with Crippen LogP contribution < -0.4 is 5.32 Å². The Morgan fingerprint density at radius 2 is 2.05 bits per heavy atom. The summed E-state index contributed by atoms with van der Waals surface area (Å²) in [5.41, 5.74) is 0.403. The first-order chi connectivity index (χ1) is 9.67. The maximum Gasteiger partial charge on any atom is 0.326 e. The minimum absolute atomic E-state index is 0.180. The summed E-state index contributed by atoms with van der Waals surface area (Å²) in [4.78, 5) is 22.7. The monoisotopic (exact) mass is 317 g/mol. The van der Waals surface area contributed by atoms with Crippen LogP contribution in [0.3, 0.4) is 0 Å². The van der Waals surface area contributed by atoms with Gasteiger partial charge in [-0.15, -0.1) is 0 Å². The predicted molar refractivity (Wildman–Crippen MR) is 74.0 cm³/mol. The molecule has 1 atom stereocenters. The fraction of sp³-hybridized carbons (Fsp3) is 0.385. The van der Waals surface area contributed by atoms with Crippen LogP contribution in [0.15, 0.2) is 24.3 Å². The minimum atomic E-state index is -3.32. The van der Waals surface area contributed by atoms with E-state index >= 15 is 0 Å². The molecule has 0 radical (unpaired) electrons. The summed E-state index contributed by atoms with van der Waals surface area (Å²) in [7, 11) is -3.32. The molecule has 0 saturated heterocycles. The Bertz CT molecular complexity index is 629. The van der Waals surface area contributed by atoms with Crippen molar-refractivity contribution in [3.8, 4) is 0 Å². The van der Waals surface area contributed by atoms with Gasteiger partial charge in [0.05, 0.1) is 12.2 Å². The van der Waals surface area contributed by atoms with Gasteiger partial charge < -0.3 is 10.4 Å². The Balaban J connectivity index is 2.62. The highest BCUT2D eigenvalue weighted by molar-refractivity contribution is 7.90. The smallest absolute Gasteiger partial charge is 0.326 e. The van der Waals surface area contributed by atoms with E-state index in [0.29, 0.717) is 5.56 Å². The highest BCUT2D eigenvalue weighted by atomic mass is 32.2. The van der Waals surface area contributed by atoms with Crippen LogP contribution in [-0.2, 0) is 25.8 Å². The molecule has 6 nitrogen and oxygen atoms in total. The van der Waals surface area contributed by atoms with Crippen molar-refractivity contribution in [2.24, 2.45) is 0 Å². The topological polar surface area (TPSA) is 101 Å². The van der Waals surface area contributed by atoms with Gasteiger partial charge in [0.15, 0.2) is 0 Å². The lowest BCUT2D eigenvalue weighted by Gasteiger charge is -2.14. The minimum Gasteiger partial charge on any atom is -0.480 e. The van der Waals surface area contributed by atoms with Gasteiger partial charge in [-0.05, 0) is 24.1 Å². The van der Waals surface area contributed by atoms with E-state index in [0.717, 1.165) is 6.26 Å². The number of carboxylic acids is 1. The number of hydrogen-bond acceptors (Lipinski definition) is 4. The van der Waals surface area contributed by atoms with E-state index in [-0.39, 0.29) is 18.6 Å². The number of amides is 1. The molecule has 1 rings (SSSR count). The average Bonchev–Trinajstić information content (AvgIpc) is 2.32. The highest BCUT2D eigenvalue weighted by Gasteiger charge is 2.21. The van der Waals surface area contributed by atoms with Crippen molar-refractivity contribution in [2.75, 3.05) is 12.0 Å². The molecule has 1 aromatic rings. The molecule has 0 aromatic heterocycles. The molecular formula is C13H16FNO5S. The molecule has 1 amide bonds. The van der Waals surface area contributed by atoms with E-state index in [9.17, 15) is 22.4 Å². The zero-order chi connectivity index (χ0) is 16.0. The average molecular weight is 317 g/mol. The van der Waals surface area contributed by atoms with Crippen molar-refractivity contribution in [3.05, 3.63) is 35.6 Å². The van der Waals surface area contributed by atoms with Crippen LogP contribution in [0.2, 0.25) is 0 Å². The number of carbonyl (C=O) groups is 2. The van der Waals surface area contributed by atoms with Crippen molar-refractivity contribution < 1.29 is 27.5 Å². The maximum absolute atomic E-state index is 13.0. The molecule has 0 spiro atoms. The summed E-state index contributed by atoms with van der Waals surface area (Å²) < 4.78 is 35.0. The SMILES string of the molecule is CS(=O)(=O)CCC(NC(=O)Cc1cccc(F)c1)C(=O)O. The zero-order valence-electron chi connectivity index (χ0n) is 11.4. The Morgan fingerprint density at radius 1 is 1.38 bits per heavy atom. The second-order valence-corrected chi connectivity index (χ2v) is 6.94. The fourth-order valence-electron chi connectivity index (χ4n) is 1.67. The normalized spacial score (nSPS) is 12.7. The number of hydrogen-bond donors (Lipinski definition) is 2. The standard InChI is InChI=1S/C13H16FNO5S/c1-21(19,20)6-5-11(13(17)18)15-12(16)8-9-3-2-4-10(14)7-9/h2-4,7,11H,5-6,8H2,1H3,(H,15,16)(H,17,18). The first-order valence-corrected chi connectivity index (χ1v) is 8.18. The first-order valence-electron chi connectivity index (χ1n) is 6.12. The van der Waals surface area contributed by atoms with Gasteiger partial charge in [0, 0.05) is 6.26 Å². The molecule has 0 aliphatic carbocycles. The van der Waals surface area contributed by atoms with E-state index < -0.39 is 33.6 Å². The molecule has 116 valence electrons. The Morgan fingerprint density at radius 3 is 2.57 bits per heavy atom. The summed E-state index contributed by atoms with van der Waals surface area (Å²) in [5.74, 6) is -2.76. The van der Waals surface area contributed by atoms with Crippen molar-refractivity contribution >= 4 is 21.7 Å². The predicted octanol–water partition coefficient (Wildman–Crippen LogP) is 0.372. The number of aliphatic carboxylic acids is 1. The molecule has 1 unspecified atom stereocenters. The molecule has 2 N–H and O–H groups in total. The molecule has 1 aromatic carbocycles.